The highest BCUT2D eigenvalue weighted by Gasteiger charge is 2.22. The van der Waals surface area contributed by atoms with Crippen LogP contribution in [-0.2, 0) is 11.3 Å². The van der Waals surface area contributed by atoms with Crippen LogP contribution in [0.4, 0.5) is 0 Å². The molecule has 1 fully saturated rings. The van der Waals surface area contributed by atoms with Crippen LogP contribution in [-0.4, -0.2) is 41.2 Å². The zero-order valence-electron chi connectivity index (χ0n) is 12.6. The molecule has 0 unspecified atom stereocenters. The number of methoxy groups -OCH3 is 1. The number of ether oxygens (including phenoxy) is 1. The standard InChI is InChI=1S/C17H23N3O/c1-21-13-16-9-5-6-10-20(16)12-15-11-18-17(19-15)14-7-3-2-4-8-14/h2-4,7-8,11,16H,5-6,9-10,12-13H2,1H3,(H,18,19)/t16-/m1/s1. The van der Waals surface area contributed by atoms with Crippen molar-refractivity contribution >= 4 is 0 Å². The third-order valence-corrected chi connectivity index (χ3v) is 4.16. The Labute approximate surface area is 126 Å². The molecule has 4 heteroatoms. The average molecular weight is 285 g/mol. The summed E-state index contributed by atoms with van der Waals surface area (Å²) < 4.78 is 5.36. The number of benzene rings is 1. The average Bonchev–Trinajstić information content (AvgIpc) is 2.99. The number of hydrogen-bond donors (Lipinski definition) is 1. The van der Waals surface area contributed by atoms with Crippen LogP contribution in [0.25, 0.3) is 11.4 Å². The van der Waals surface area contributed by atoms with Gasteiger partial charge in [0.15, 0.2) is 0 Å². The number of imidazole rings is 1. The highest BCUT2D eigenvalue weighted by atomic mass is 16.5. The number of H-pyrrole nitrogens is 1. The number of nitrogens with zero attached hydrogens (tertiary/aromatic N) is 2. The Bertz CT molecular complexity index is 550. The first-order chi connectivity index (χ1) is 10.4. The molecule has 0 radical (unpaired) electrons. The van der Waals surface area contributed by atoms with E-state index in [1.165, 1.54) is 25.0 Å². The number of hydrogen-bond acceptors (Lipinski definition) is 3. The van der Waals surface area contributed by atoms with Crippen LogP contribution >= 0.6 is 0 Å². The Balaban J connectivity index is 1.69. The van der Waals surface area contributed by atoms with Gasteiger partial charge in [-0.2, -0.15) is 0 Å². The first kappa shape index (κ1) is 14.3. The molecular weight excluding hydrogens is 262 g/mol. The zero-order valence-corrected chi connectivity index (χ0v) is 12.6. The lowest BCUT2D eigenvalue weighted by molar-refractivity contribution is 0.0593. The molecule has 1 aromatic carbocycles. The Morgan fingerprint density at radius 2 is 2.14 bits per heavy atom. The minimum atomic E-state index is 0.534. The number of likely N-dealkylation sites (tertiary alicyclic amines) is 1. The van der Waals surface area contributed by atoms with Crippen molar-refractivity contribution in [3.05, 3.63) is 42.2 Å². The monoisotopic (exact) mass is 285 g/mol. The van der Waals surface area contributed by atoms with E-state index in [1.54, 1.807) is 7.11 Å². The summed E-state index contributed by atoms with van der Waals surface area (Å²) in [6, 6.07) is 10.8. The zero-order chi connectivity index (χ0) is 14.5. The van der Waals surface area contributed by atoms with E-state index in [-0.39, 0.29) is 0 Å². The maximum absolute atomic E-state index is 5.36. The summed E-state index contributed by atoms with van der Waals surface area (Å²) in [5.41, 5.74) is 2.31. The van der Waals surface area contributed by atoms with Gasteiger partial charge in [-0.1, -0.05) is 36.8 Å². The van der Waals surface area contributed by atoms with Crippen LogP contribution in [0.2, 0.25) is 0 Å². The number of piperidine rings is 1. The van der Waals surface area contributed by atoms with Crippen LogP contribution in [0.5, 0.6) is 0 Å². The maximum atomic E-state index is 5.36. The molecule has 2 aromatic rings. The van der Waals surface area contributed by atoms with E-state index < -0.39 is 0 Å². The number of rotatable bonds is 5. The molecule has 1 N–H and O–H groups in total. The van der Waals surface area contributed by atoms with Gasteiger partial charge < -0.3 is 9.72 Å². The predicted octanol–water partition coefficient (Wildman–Crippen LogP) is 3.08. The van der Waals surface area contributed by atoms with Crippen molar-refractivity contribution in [1.29, 1.82) is 0 Å². The Morgan fingerprint density at radius 3 is 2.95 bits per heavy atom. The highest BCUT2D eigenvalue weighted by Crippen LogP contribution is 2.21. The summed E-state index contributed by atoms with van der Waals surface area (Å²) in [5.74, 6) is 0.950. The lowest BCUT2D eigenvalue weighted by Gasteiger charge is -2.34. The fraction of sp³-hybridized carbons (Fsp3) is 0.471. The first-order valence-electron chi connectivity index (χ1n) is 7.69. The predicted molar refractivity (Wildman–Crippen MR) is 83.9 cm³/mol. The van der Waals surface area contributed by atoms with Gasteiger partial charge in [0, 0.05) is 37.2 Å². The second-order valence-electron chi connectivity index (χ2n) is 5.70. The third-order valence-electron chi connectivity index (χ3n) is 4.16. The van der Waals surface area contributed by atoms with E-state index in [0.29, 0.717) is 6.04 Å². The minimum absolute atomic E-state index is 0.534. The third kappa shape index (κ3) is 3.52. The maximum Gasteiger partial charge on any atom is 0.137 e. The Kier molecular flexibility index (Phi) is 4.68. The number of nitrogens with one attached hydrogen (secondary N) is 1. The Hall–Kier alpha value is -1.65. The van der Waals surface area contributed by atoms with E-state index in [2.05, 4.69) is 27.0 Å². The molecule has 4 nitrogen and oxygen atoms in total. The molecule has 0 aliphatic carbocycles. The molecule has 0 saturated carbocycles. The van der Waals surface area contributed by atoms with Gasteiger partial charge in [-0.3, -0.25) is 4.90 Å². The molecule has 1 atom stereocenters. The van der Waals surface area contributed by atoms with Crippen molar-refractivity contribution in [2.75, 3.05) is 20.3 Å². The van der Waals surface area contributed by atoms with E-state index in [4.69, 9.17) is 4.74 Å². The van der Waals surface area contributed by atoms with E-state index in [9.17, 15) is 0 Å². The van der Waals surface area contributed by atoms with Crippen molar-refractivity contribution in [2.24, 2.45) is 0 Å². The van der Waals surface area contributed by atoms with Gasteiger partial charge in [0.05, 0.1) is 6.61 Å². The number of aromatic nitrogens is 2. The van der Waals surface area contributed by atoms with Crippen LogP contribution < -0.4 is 0 Å². The SMILES string of the molecule is COC[C@H]1CCCCN1Cc1cnc(-c2ccccc2)[nH]1. The molecule has 3 rings (SSSR count). The van der Waals surface area contributed by atoms with Gasteiger partial charge in [-0.25, -0.2) is 4.98 Å². The number of aromatic amines is 1. The molecule has 0 spiro atoms. The van der Waals surface area contributed by atoms with Crippen LogP contribution in [0.3, 0.4) is 0 Å². The molecule has 2 heterocycles. The van der Waals surface area contributed by atoms with Gasteiger partial charge in [0.1, 0.15) is 5.82 Å². The molecule has 1 saturated heterocycles. The van der Waals surface area contributed by atoms with Crippen molar-refractivity contribution in [1.82, 2.24) is 14.9 Å². The topological polar surface area (TPSA) is 41.1 Å². The second kappa shape index (κ2) is 6.87. The smallest absolute Gasteiger partial charge is 0.137 e. The van der Waals surface area contributed by atoms with Gasteiger partial charge >= 0.3 is 0 Å². The minimum Gasteiger partial charge on any atom is -0.383 e. The van der Waals surface area contributed by atoms with Crippen molar-refractivity contribution in [3.8, 4) is 11.4 Å². The normalized spacial score (nSPS) is 19.8. The lowest BCUT2D eigenvalue weighted by Crippen LogP contribution is -2.41. The summed E-state index contributed by atoms with van der Waals surface area (Å²) in [7, 11) is 1.79. The van der Waals surface area contributed by atoms with Crippen molar-refractivity contribution in [2.45, 2.75) is 31.8 Å². The largest absolute Gasteiger partial charge is 0.383 e. The van der Waals surface area contributed by atoms with Crippen LogP contribution in [0.1, 0.15) is 25.0 Å². The quantitative estimate of drug-likeness (QED) is 0.918. The van der Waals surface area contributed by atoms with Gasteiger partial charge in [-0.15, -0.1) is 0 Å². The fourth-order valence-electron chi connectivity index (χ4n) is 3.05. The van der Waals surface area contributed by atoms with Gasteiger partial charge in [0.25, 0.3) is 0 Å². The molecule has 21 heavy (non-hydrogen) atoms. The summed E-state index contributed by atoms with van der Waals surface area (Å²) in [6.07, 6.45) is 5.77. The molecule has 1 aliphatic heterocycles. The summed E-state index contributed by atoms with van der Waals surface area (Å²) in [4.78, 5) is 10.5. The van der Waals surface area contributed by atoms with Gasteiger partial charge in [0.2, 0.25) is 0 Å². The summed E-state index contributed by atoms with van der Waals surface area (Å²) in [5, 5.41) is 0. The fourth-order valence-corrected chi connectivity index (χ4v) is 3.05. The van der Waals surface area contributed by atoms with Gasteiger partial charge in [-0.05, 0) is 19.4 Å². The molecule has 1 aliphatic rings. The summed E-state index contributed by atoms with van der Waals surface area (Å²) in [6.45, 7) is 2.89. The molecule has 0 amide bonds. The molecular formula is C17H23N3O. The Morgan fingerprint density at radius 1 is 1.29 bits per heavy atom. The highest BCUT2D eigenvalue weighted by molar-refractivity contribution is 5.54. The first-order valence-corrected chi connectivity index (χ1v) is 7.69. The molecule has 0 bridgehead atoms. The lowest BCUT2D eigenvalue weighted by atomic mass is 10.0. The molecule has 112 valence electrons. The van der Waals surface area contributed by atoms with E-state index in [0.717, 1.165) is 31.1 Å². The molecule has 1 aromatic heterocycles. The van der Waals surface area contributed by atoms with Crippen molar-refractivity contribution in [3.63, 3.8) is 0 Å². The van der Waals surface area contributed by atoms with Crippen LogP contribution in [0, 0.1) is 0 Å². The second-order valence-corrected chi connectivity index (χ2v) is 5.70. The summed E-state index contributed by atoms with van der Waals surface area (Å²) >= 11 is 0. The van der Waals surface area contributed by atoms with Crippen LogP contribution in [0.15, 0.2) is 36.5 Å². The van der Waals surface area contributed by atoms with E-state index >= 15 is 0 Å². The van der Waals surface area contributed by atoms with E-state index in [1.807, 2.05) is 24.4 Å². The van der Waals surface area contributed by atoms with Crippen molar-refractivity contribution < 1.29 is 4.74 Å².